The fraction of sp³-hybridized carbons (Fsp3) is 0.217. The quantitative estimate of drug-likeness (QED) is 0.243. The first-order valence-electron chi connectivity index (χ1n) is 10.1. The second-order valence-electron chi connectivity index (χ2n) is 7.02. The Balaban J connectivity index is 2.13. The molecule has 1 aromatic heterocycles. The number of rotatable bonds is 8. The minimum Gasteiger partial charge on any atom is -0.456 e. The number of amides is 1. The van der Waals surface area contributed by atoms with Crippen LogP contribution in [0.15, 0.2) is 47.3 Å². The zero-order chi connectivity index (χ0) is 24.1. The van der Waals surface area contributed by atoms with Crippen LogP contribution in [0.4, 0.5) is 21.6 Å². The van der Waals surface area contributed by atoms with Crippen LogP contribution in [0.2, 0.25) is 0 Å². The van der Waals surface area contributed by atoms with Gasteiger partial charge >= 0.3 is 0 Å². The third kappa shape index (κ3) is 5.61. The molecule has 1 heterocycles. The fourth-order valence-corrected chi connectivity index (χ4v) is 4.04. The summed E-state index contributed by atoms with van der Waals surface area (Å²) < 4.78 is 25.8. The molecule has 33 heavy (non-hydrogen) atoms. The Labute approximate surface area is 209 Å². The van der Waals surface area contributed by atoms with E-state index in [-0.39, 0.29) is 22.8 Å². The van der Waals surface area contributed by atoms with Crippen LogP contribution in [-0.4, -0.2) is 23.3 Å². The number of nitrogens with one attached hydrogen (secondary N) is 3. The number of nitrogens with zero attached hydrogens (tertiary/aromatic N) is 1. The average Bonchev–Trinajstić information content (AvgIpc) is 2.79. The Kier molecular flexibility index (Phi) is 8.25. The van der Waals surface area contributed by atoms with Crippen LogP contribution in [0.5, 0.6) is 11.5 Å². The Morgan fingerprint density at radius 2 is 1.94 bits per heavy atom. The lowest BCUT2D eigenvalue weighted by Gasteiger charge is -2.20. The van der Waals surface area contributed by atoms with Gasteiger partial charge in [0, 0.05) is 35.0 Å². The van der Waals surface area contributed by atoms with Gasteiger partial charge in [0.15, 0.2) is 0 Å². The van der Waals surface area contributed by atoms with Crippen LogP contribution in [0.1, 0.15) is 22.8 Å². The van der Waals surface area contributed by atoms with Crippen LogP contribution < -0.4 is 25.7 Å². The smallest absolute Gasteiger partial charge is 0.258 e. The Bertz CT molecular complexity index is 1250. The molecule has 0 saturated heterocycles. The van der Waals surface area contributed by atoms with E-state index in [1.165, 1.54) is 30.8 Å². The fourth-order valence-electron chi connectivity index (χ4n) is 3.07. The Morgan fingerprint density at radius 1 is 1.18 bits per heavy atom. The van der Waals surface area contributed by atoms with E-state index >= 15 is 0 Å². The minimum atomic E-state index is -0.508. The van der Waals surface area contributed by atoms with Gasteiger partial charge in [-0.3, -0.25) is 14.2 Å². The number of aromatic nitrogens is 1. The highest BCUT2D eigenvalue weighted by Crippen LogP contribution is 2.35. The molecule has 3 rings (SSSR count). The summed E-state index contributed by atoms with van der Waals surface area (Å²) in [6.45, 7) is 3.92. The summed E-state index contributed by atoms with van der Waals surface area (Å²) in [5, 5.41) is 5.47. The van der Waals surface area contributed by atoms with Crippen molar-refractivity contribution in [2.45, 2.75) is 13.8 Å². The minimum absolute atomic E-state index is 0.0641. The normalized spacial score (nSPS) is 10.6. The number of hydrogen-bond donors (Lipinski definition) is 3. The molecular formula is C23H24FIN4O3S. The standard InChI is InChI=1S/C23H24FIN4O3S/c1-5-33-28-16-7-6-8-18(13(16)2)32-19-12-20(30)29(4)22(21(19)23(31)26-3)27-17-10-9-14(25)11-15(17)24/h6-12,27-28H,5H2,1-4H3,(H,26,31). The van der Waals surface area contributed by atoms with Crippen molar-refractivity contribution < 1.29 is 13.9 Å². The first kappa shape index (κ1) is 24.9. The van der Waals surface area contributed by atoms with Crippen LogP contribution in [0, 0.1) is 16.3 Å². The van der Waals surface area contributed by atoms with Gasteiger partial charge in [0.25, 0.3) is 11.5 Å². The number of anilines is 3. The molecular weight excluding hydrogens is 558 g/mol. The van der Waals surface area contributed by atoms with Gasteiger partial charge in [0.1, 0.15) is 28.7 Å². The lowest BCUT2D eigenvalue weighted by Crippen LogP contribution is -2.27. The van der Waals surface area contributed by atoms with E-state index in [0.29, 0.717) is 5.75 Å². The zero-order valence-corrected chi connectivity index (χ0v) is 21.6. The third-order valence-corrected chi connectivity index (χ3v) is 6.20. The molecule has 0 spiro atoms. The second kappa shape index (κ2) is 10.9. The van der Waals surface area contributed by atoms with Crippen molar-refractivity contribution >= 4 is 57.6 Å². The van der Waals surface area contributed by atoms with Crippen molar-refractivity contribution in [3.63, 3.8) is 0 Å². The van der Waals surface area contributed by atoms with Crippen LogP contribution in [-0.2, 0) is 7.05 Å². The molecule has 0 bridgehead atoms. The maximum absolute atomic E-state index is 14.5. The van der Waals surface area contributed by atoms with E-state index < -0.39 is 17.3 Å². The highest BCUT2D eigenvalue weighted by Gasteiger charge is 2.23. The molecule has 3 N–H and O–H groups in total. The summed E-state index contributed by atoms with van der Waals surface area (Å²) in [6.07, 6.45) is 0. The number of hydrogen-bond acceptors (Lipinski definition) is 6. The number of benzene rings is 2. The van der Waals surface area contributed by atoms with E-state index in [9.17, 15) is 14.0 Å². The van der Waals surface area contributed by atoms with Gasteiger partial charge in [-0.2, -0.15) is 0 Å². The van der Waals surface area contributed by atoms with Gasteiger partial charge in [-0.15, -0.1) is 0 Å². The summed E-state index contributed by atoms with van der Waals surface area (Å²) in [5.41, 5.74) is 1.48. The summed E-state index contributed by atoms with van der Waals surface area (Å²) in [4.78, 5) is 25.6. The summed E-state index contributed by atoms with van der Waals surface area (Å²) >= 11 is 3.55. The van der Waals surface area contributed by atoms with Crippen molar-refractivity contribution in [1.82, 2.24) is 9.88 Å². The molecule has 0 saturated carbocycles. The monoisotopic (exact) mass is 582 g/mol. The molecule has 0 fully saturated rings. The van der Waals surface area contributed by atoms with Crippen LogP contribution in [0.25, 0.3) is 0 Å². The number of halogens is 2. The predicted molar refractivity (Wildman–Crippen MR) is 140 cm³/mol. The van der Waals surface area contributed by atoms with Gasteiger partial charge in [-0.25, -0.2) is 4.39 Å². The van der Waals surface area contributed by atoms with E-state index in [0.717, 1.165) is 20.6 Å². The molecule has 7 nitrogen and oxygen atoms in total. The molecule has 3 aromatic rings. The van der Waals surface area contributed by atoms with Crippen molar-refractivity contribution in [2.75, 3.05) is 22.8 Å². The summed E-state index contributed by atoms with van der Waals surface area (Å²) in [5.74, 6) is 0.555. The molecule has 1 amide bonds. The summed E-state index contributed by atoms with van der Waals surface area (Å²) in [7, 11) is 2.98. The van der Waals surface area contributed by atoms with Gasteiger partial charge in [-0.1, -0.05) is 24.9 Å². The van der Waals surface area contributed by atoms with Crippen molar-refractivity contribution in [1.29, 1.82) is 0 Å². The van der Waals surface area contributed by atoms with Gasteiger partial charge < -0.3 is 20.1 Å². The molecule has 10 heteroatoms. The lowest BCUT2D eigenvalue weighted by atomic mass is 10.1. The van der Waals surface area contributed by atoms with Crippen LogP contribution in [0.3, 0.4) is 0 Å². The van der Waals surface area contributed by atoms with E-state index in [2.05, 4.69) is 15.4 Å². The molecule has 0 aliphatic rings. The van der Waals surface area contributed by atoms with Crippen molar-refractivity contribution in [3.05, 3.63) is 73.3 Å². The van der Waals surface area contributed by atoms with E-state index in [1.54, 1.807) is 30.1 Å². The van der Waals surface area contributed by atoms with E-state index in [1.807, 2.05) is 48.6 Å². The number of ether oxygens (including phenoxy) is 1. The Hall–Kier alpha value is -2.73. The maximum Gasteiger partial charge on any atom is 0.258 e. The molecule has 0 unspecified atom stereocenters. The topological polar surface area (TPSA) is 84.4 Å². The zero-order valence-electron chi connectivity index (χ0n) is 18.6. The van der Waals surface area contributed by atoms with E-state index in [4.69, 9.17) is 4.74 Å². The van der Waals surface area contributed by atoms with Gasteiger partial charge in [-0.05, 0) is 59.8 Å². The van der Waals surface area contributed by atoms with Crippen molar-refractivity contribution in [2.24, 2.45) is 7.05 Å². The molecule has 0 aliphatic carbocycles. The largest absolute Gasteiger partial charge is 0.456 e. The lowest BCUT2D eigenvalue weighted by molar-refractivity contribution is 0.0961. The average molecular weight is 582 g/mol. The molecule has 0 atom stereocenters. The Morgan fingerprint density at radius 3 is 2.61 bits per heavy atom. The predicted octanol–water partition coefficient (Wildman–Crippen LogP) is 5.41. The number of carbonyl (C=O) groups is 1. The van der Waals surface area contributed by atoms with Gasteiger partial charge in [0.05, 0.1) is 11.4 Å². The summed E-state index contributed by atoms with van der Waals surface area (Å²) in [6, 6.07) is 11.4. The number of carbonyl (C=O) groups excluding carboxylic acids is 1. The third-order valence-electron chi connectivity index (χ3n) is 4.87. The molecule has 2 aromatic carbocycles. The maximum atomic E-state index is 14.5. The number of pyridine rings is 1. The molecule has 174 valence electrons. The SMILES string of the molecule is CCSNc1cccc(Oc2cc(=O)n(C)c(Nc3ccc(I)cc3F)c2C(=O)NC)c1C. The molecule has 0 aliphatic heterocycles. The first-order chi connectivity index (χ1) is 15.8. The van der Waals surface area contributed by atoms with Crippen molar-refractivity contribution in [3.8, 4) is 11.5 Å². The van der Waals surface area contributed by atoms with Gasteiger partial charge in [0.2, 0.25) is 0 Å². The second-order valence-corrected chi connectivity index (χ2v) is 9.34. The molecule has 0 radical (unpaired) electrons. The first-order valence-corrected chi connectivity index (χ1v) is 12.2. The highest BCUT2D eigenvalue weighted by molar-refractivity contribution is 14.1. The van der Waals surface area contributed by atoms with Crippen LogP contribution >= 0.6 is 34.5 Å². The highest BCUT2D eigenvalue weighted by atomic mass is 127.